The molecule has 0 amide bonds. The van der Waals surface area contributed by atoms with Crippen molar-refractivity contribution in [2.45, 2.75) is 27.2 Å². The van der Waals surface area contributed by atoms with Crippen molar-refractivity contribution in [2.75, 3.05) is 10.5 Å². The third-order valence-electron chi connectivity index (χ3n) is 2.37. The SMILES string of the molecule is CCCS(=O)(=O)Nc1ccc(C)c(O)c1C. The van der Waals surface area contributed by atoms with Crippen molar-refractivity contribution >= 4 is 15.7 Å². The number of phenols is 1. The molecule has 0 aliphatic heterocycles. The molecule has 0 saturated carbocycles. The molecule has 0 atom stereocenters. The van der Waals surface area contributed by atoms with Gasteiger partial charge in [-0.05, 0) is 31.9 Å². The average molecular weight is 243 g/mol. The Bertz CT molecular complexity index is 480. The molecule has 5 heteroatoms. The predicted octanol–water partition coefficient (Wildman–Crippen LogP) is 2.16. The first-order valence-electron chi connectivity index (χ1n) is 5.17. The molecule has 0 fully saturated rings. The molecule has 0 aliphatic rings. The van der Waals surface area contributed by atoms with Gasteiger partial charge >= 0.3 is 0 Å². The fourth-order valence-corrected chi connectivity index (χ4v) is 2.63. The van der Waals surface area contributed by atoms with Gasteiger partial charge in [-0.3, -0.25) is 4.72 Å². The third kappa shape index (κ3) is 2.88. The van der Waals surface area contributed by atoms with E-state index in [0.29, 0.717) is 17.7 Å². The fraction of sp³-hybridized carbons (Fsp3) is 0.455. The molecule has 0 unspecified atom stereocenters. The molecule has 4 nitrogen and oxygen atoms in total. The number of benzene rings is 1. The van der Waals surface area contributed by atoms with Gasteiger partial charge in [0.2, 0.25) is 10.0 Å². The highest BCUT2D eigenvalue weighted by Gasteiger charge is 2.12. The largest absolute Gasteiger partial charge is 0.507 e. The first-order chi connectivity index (χ1) is 7.37. The van der Waals surface area contributed by atoms with Crippen LogP contribution < -0.4 is 4.72 Å². The second kappa shape index (κ2) is 4.74. The van der Waals surface area contributed by atoms with Crippen molar-refractivity contribution in [1.29, 1.82) is 0 Å². The number of nitrogens with one attached hydrogen (secondary N) is 1. The predicted molar refractivity (Wildman–Crippen MR) is 65.3 cm³/mol. The summed E-state index contributed by atoms with van der Waals surface area (Å²) in [6.45, 7) is 5.26. The maximum atomic E-state index is 11.6. The number of rotatable bonds is 4. The molecule has 0 heterocycles. The minimum atomic E-state index is -3.30. The average Bonchev–Trinajstić information content (AvgIpc) is 2.19. The van der Waals surface area contributed by atoms with E-state index in [1.165, 1.54) is 0 Å². The number of anilines is 1. The summed E-state index contributed by atoms with van der Waals surface area (Å²) in [7, 11) is -3.30. The fourth-order valence-electron chi connectivity index (χ4n) is 1.43. The second-order valence-electron chi connectivity index (χ2n) is 3.82. The normalized spacial score (nSPS) is 11.4. The number of phenolic OH excluding ortho intramolecular Hbond substituents is 1. The summed E-state index contributed by atoms with van der Waals surface area (Å²) in [5, 5.41) is 9.68. The van der Waals surface area contributed by atoms with Gasteiger partial charge in [-0.25, -0.2) is 8.42 Å². The summed E-state index contributed by atoms with van der Waals surface area (Å²) in [6.07, 6.45) is 0.562. The van der Waals surface area contributed by atoms with Crippen molar-refractivity contribution in [3.8, 4) is 5.75 Å². The zero-order valence-electron chi connectivity index (χ0n) is 9.74. The Labute approximate surface area is 96.4 Å². The quantitative estimate of drug-likeness (QED) is 0.851. The molecule has 0 bridgehead atoms. The van der Waals surface area contributed by atoms with E-state index in [4.69, 9.17) is 0 Å². The van der Waals surface area contributed by atoms with Gasteiger partial charge in [0.15, 0.2) is 0 Å². The second-order valence-corrected chi connectivity index (χ2v) is 5.67. The van der Waals surface area contributed by atoms with Crippen LogP contribution in [0.4, 0.5) is 5.69 Å². The number of hydrogen-bond donors (Lipinski definition) is 2. The summed E-state index contributed by atoms with van der Waals surface area (Å²) >= 11 is 0. The van der Waals surface area contributed by atoms with Gasteiger partial charge in [0, 0.05) is 5.56 Å². The van der Waals surface area contributed by atoms with Crippen LogP contribution in [0, 0.1) is 13.8 Å². The van der Waals surface area contributed by atoms with Crippen molar-refractivity contribution < 1.29 is 13.5 Å². The highest BCUT2D eigenvalue weighted by Crippen LogP contribution is 2.28. The molecule has 1 aromatic carbocycles. The van der Waals surface area contributed by atoms with Crippen molar-refractivity contribution in [3.05, 3.63) is 23.3 Å². The standard InChI is InChI=1S/C11H17NO3S/c1-4-7-16(14,15)12-10-6-5-8(2)11(13)9(10)3/h5-6,12-13H,4,7H2,1-3H3. The Hall–Kier alpha value is -1.23. The molecule has 0 aromatic heterocycles. The molecule has 0 aliphatic carbocycles. The van der Waals surface area contributed by atoms with E-state index in [-0.39, 0.29) is 11.5 Å². The number of sulfonamides is 1. The van der Waals surface area contributed by atoms with E-state index in [9.17, 15) is 13.5 Å². The maximum Gasteiger partial charge on any atom is 0.232 e. The van der Waals surface area contributed by atoms with Gasteiger partial charge in [-0.1, -0.05) is 13.0 Å². The van der Waals surface area contributed by atoms with E-state index in [0.717, 1.165) is 5.56 Å². The first kappa shape index (κ1) is 12.8. The van der Waals surface area contributed by atoms with Gasteiger partial charge in [-0.15, -0.1) is 0 Å². The number of aryl methyl sites for hydroxylation is 1. The van der Waals surface area contributed by atoms with Crippen molar-refractivity contribution in [2.24, 2.45) is 0 Å². The van der Waals surface area contributed by atoms with Crippen molar-refractivity contribution in [3.63, 3.8) is 0 Å². The van der Waals surface area contributed by atoms with Gasteiger partial charge in [0.25, 0.3) is 0 Å². The van der Waals surface area contributed by atoms with Crippen LogP contribution in [-0.4, -0.2) is 19.3 Å². The van der Waals surface area contributed by atoms with E-state index >= 15 is 0 Å². The first-order valence-corrected chi connectivity index (χ1v) is 6.82. The van der Waals surface area contributed by atoms with Crippen LogP contribution in [0.1, 0.15) is 24.5 Å². The lowest BCUT2D eigenvalue weighted by Gasteiger charge is -2.12. The summed E-state index contributed by atoms with van der Waals surface area (Å²) in [4.78, 5) is 0. The Morgan fingerprint density at radius 2 is 1.94 bits per heavy atom. The summed E-state index contributed by atoms with van der Waals surface area (Å²) in [6, 6.07) is 3.35. The van der Waals surface area contributed by atoms with Crippen LogP contribution in [0.2, 0.25) is 0 Å². The van der Waals surface area contributed by atoms with Crippen LogP contribution >= 0.6 is 0 Å². The topological polar surface area (TPSA) is 66.4 Å². The Morgan fingerprint density at radius 3 is 2.50 bits per heavy atom. The third-order valence-corrected chi connectivity index (χ3v) is 3.85. The highest BCUT2D eigenvalue weighted by molar-refractivity contribution is 7.92. The van der Waals surface area contributed by atoms with E-state index in [2.05, 4.69) is 4.72 Å². The minimum absolute atomic E-state index is 0.0844. The smallest absolute Gasteiger partial charge is 0.232 e. The summed E-state index contributed by atoms with van der Waals surface area (Å²) < 4.78 is 25.6. The lowest BCUT2D eigenvalue weighted by molar-refractivity contribution is 0.467. The lowest BCUT2D eigenvalue weighted by atomic mass is 10.1. The Morgan fingerprint density at radius 1 is 1.31 bits per heavy atom. The van der Waals surface area contributed by atoms with Gasteiger partial charge < -0.3 is 5.11 Å². The summed E-state index contributed by atoms with van der Waals surface area (Å²) in [5.41, 5.74) is 1.73. The molecular formula is C11H17NO3S. The Kier molecular flexibility index (Phi) is 3.80. The zero-order chi connectivity index (χ0) is 12.3. The van der Waals surface area contributed by atoms with Crippen molar-refractivity contribution in [1.82, 2.24) is 0 Å². The molecule has 16 heavy (non-hydrogen) atoms. The molecule has 0 spiro atoms. The van der Waals surface area contributed by atoms with Crippen LogP contribution in [-0.2, 0) is 10.0 Å². The zero-order valence-corrected chi connectivity index (χ0v) is 10.6. The van der Waals surface area contributed by atoms with E-state index < -0.39 is 10.0 Å². The van der Waals surface area contributed by atoms with Gasteiger partial charge in [0.05, 0.1) is 11.4 Å². The molecule has 2 N–H and O–H groups in total. The minimum Gasteiger partial charge on any atom is -0.507 e. The van der Waals surface area contributed by atoms with Crippen LogP contribution in [0.15, 0.2) is 12.1 Å². The van der Waals surface area contributed by atoms with E-state index in [1.54, 1.807) is 32.9 Å². The monoisotopic (exact) mass is 243 g/mol. The van der Waals surface area contributed by atoms with Crippen LogP contribution in [0.5, 0.6) is 5.75 Å². The molecule has 0 radical (unpaired) electrons. The lowest BCUT2D eigenvalue weighted by Crippen LogP contribution is -2.16. The molecule has 0 saturated heterocycles. The van der Waals surface area contributed by atoms with Crippen LogP contribution in [0.3, 0.4) is 0 Å². The molecule has 1 rings (SSSR count). The molecule has 1 aromatic rings. The molecule has 90 valence electrons. The number of hydrogen-bond acceptors (Lipinski definition) is 3. The summed E-state index contributed by atoms with van der Waals surface area (Å²) in [5.74, 6) is 0.220. The Balaban J connectivity index is 3.04. The maximum absolute atomic E-state index is 11.6. The van der Waals surface area contributed by atoms with Gasteiger partial charge in [-0.2, -0.15) is 0 Å². The van der Waals surface area contributed by atoms with Crippen LogP contribution in [0.25, 0.3) is 0 Å². The molecular weight excluding hydrogens is 226 g/mol. The van der Waals surface area contributed by atoms with E-state index in [1.807, 2.05) is 0 Å². The number of aromatic hydroxyl groups is 1. The highest BCUT2D eigenvalue weighted by atomic mass is 32.2. The van der Waals surface area contributed by atoms with Gasteiger partial charge in [0.1, 0.15) is 5.75 Å².